The summed E-state index contributed by atoms with van der Waals surface area (Å²) in [7, 11) is 0. The highest BCUT2D eigenvalue weighted by Crippen LogP contribution is 2.40. The summed E-state index contributed by atoms with van der Waals surface area (Å²) in [5.74, 6) is 1.39. The van der Waals surface area contributed by atoms with Crippen LogP contribution in [0.2, 0.25) is 0 Å². The Labute approximate surface area is 76.0 Å². The van der Waals surface area contributed by atoms with Crippen LogP contribution in [0.15, 0.2) is 0 Å². The molecule has 1 heterocycles. The molecule has 1 aromatic heterocycles. The van der Waals surface area contributed by atoms with E-state index in [-0.39, 0.29) is 0 Å². The van der Waals surface area contributed by atoms with Crippen LogP contribution in [0.4, 0.5) is 5.13 Å². The molecule has 1 saturated carbocycles. The molecule has 12 heavy (non-hydrogen) atoms. The van der Waals surface area contributed by atoms with Gasteiger partial charge in [0.25, 0.3) is 0 Å². The van der Waals surface area contributed by atoms with Crippen LogP contribution in [0.5, 0.6) is 0 Å². The normalized spacial score (nSPS) is 29.4. The molecule has 2 atom stereocenters. The summed E-state index contributed by atoms with van der Waals surface area (Å²) in [6.45, 7) is 2.29. The first-order valence-electron chi connectivity index (χ1n) is 4.36. The average Bonchev–Trinajstić information content (AvgIpc) is 2.58. The zero-order valence-electron chi connectivity index (χ0n) is 7.16. The molecule has 0 radical (unpaired) electrons. The van der Waals surface area contributed by atoms with E-state index >= 15 is 0 Å². The van der Waals surface area contributed by atoms with E-state index in [0.717, 1.165) is 10.9 Å². The topological polar surface area (TPSA) is 51.8 Å². The predicted octanol–water partition coefficient (Wildman–Crippen LogP) is 2.02. The molecule has 1 fully saturated rings. The zero-order chi connectivity index (χ0) is 8.55. The Morgan fingerprint density at radius 3 is 2.75 bits per heavy atom. The van der Waals surface area contributed by atoms with Crippen LogP contribution in [0.25, 0.3) is 0 Å². The van der Waals surface area contributed by atoms with Crippen molar-refractivity contribution in [2.45, 2.75) is 32.1 Å². The van der Waals surface area contributed by atoms with Gasteiger partial charge < -0.3 is 5.73 Å². The lowest BCUT2D eigenvalue weighted by Crippen LogP contribution is -2.00. The Morgan fingerprint density at radius 1 is 1.42 bits per heavy atom. The third kappa shape index (κ3) is 1.31. The summed E-state index contributed by atoms with van der Waals surface area (Å²) in [5, 5.41) is 9.67. The lowest BCUT2D eigenvalue weighted by Gasteiger charge is -2.09. The fourth-order valence-corrected chi connectivity index (χ4v) is 2.79. The molecule has 2 unspecified atom stereocenters. The van der Waals surface area contributed by atoms with Gasteiger partial charge in [-0.1, -0.05) is 31.1 Å². The standard InChI is InChI=1S/C8H13N3S/c1-5-3-2-4-6(5)7-10-11-8(9)12-7/h5-6H,2-4H2,1H3,(H2,9,11). The highest BCUT2D eigenvalue weighted by Gasteiger charge is 2.27. The molecule has 2 rings (SSSR count). The molecule has 0 amide bonds. The maximum absolute atomic E-state index is 5.54. The Bertz CT molecular complexity index is 271. The fraction of sp³-hybridized carbons (Fsp3) is 0.750. The molecule has 1 aliphatic rings. The zero-order valence-corrected chi connectivity index (χ0v) is 7.97. The number of hydrogen-bond acceptors (Lipinski definition) is 4. The van der Waals surface area contributed by atoms with Crippen molar-refractivity contribution in [3.05, 3.63) is 5.01 Å². The molecular weight excluding hydrogens is 170 g/mol. The Kier molecular flexibility index (Phi) is 2.00. The molecule has 1 aromatic rings. The number of nitrogens with two attached hydrogens (primary N) is 1. The smallest absolute Gasteiger partial charge is 0.203 e. The van der Waals surface area contributed by atoms with Gasteiger partial charge in [-0.2, -0.15) is 0 Å². The number of hydrogen-bond donors (Lipinski definition) is 1. The maximum atomic E-state index is 5.54. The van der Waals surface area contributed by atoms with Crippen molar-refractivity contribution in [2.75, 3.05) is 5.73 Å². The monoisotopic (exact) mass is 183 g/mol. The van der Waals surface area contributed by atoms with Crippen molar-refractivity contribution < 1.29 is 0 Å². The first-order valence-corrected chi connectivity index (χ1v) is 5.18. The van der Waals surface area contributed by atoms with Crippen molar-refractivity contribution in [1.82, 2.24) is 10.2 Å². The minimum atomic E-state index is 0.601. The number of anilines is 1. The fourth-order valence-electron chi connectivity index (χ4n) is 1.91. The molecule has 0 aliphatic heterocycles. The van der Waals surface area contributed by atoms with Gasteiger partial charge in [0, 0.05) is 5.92 Å². The van der Waals surface area contributed by atoms with E-state index in [9.17, 15) is 0 Å². The van der Waals surface area contributed by atoms with E-state index in [0.29, 0.717) is 11.0 Å². The van der Waals surface area contributed by atoms with Crippen molar-refractivity contribution in [1.29, 1.82) is 0 Å². The highest BCUT2D eigenvalue weighted by molar-refractivity contribution is 7.15. The van der Waals surface area contributed by atoms with Gasteiger partial charge in [-0.05, 0) is 12.3 Å². The third-order valence-corrected chi connectivity index (χ3v) is 3.52. The lowest BCUT2D eigenvalue weighted by atomic mass is 9.99. The van der Waals surface area contributed by atoms with Gasteiger partial charge in [0.2, 0.25) is 5.13 Å². The number of nitrogens with zero attached hydrogens (tertiary/aromatic N) is 2. The minimum absolute atomic E-state index is 0.601. The minimum Gasteiger partial charge on any atom is -0.374 e. The van der Waals surface area contributed by atoms with Gasteiger partial charge in [0.1, 0.15) is 5.01 Å². The summed E-state index contributed by atoms with van der Waals surface area (Å²) in [6, 6.07) is 0. The molecule has 0 saturated heterocycles. The van der Waals surface area contributed by atoms with E-state index < -0.39 is 0 Å². The molecule has 1 aliphatic carbocycles. The summed E-state index contributed by atoms with van der Waals surface area (Å²) in [4.78, 5) is 0. The van der Waals surface area contributed by atoms with Crippen molar-refractivity contribution in [3.8, 4) is 0 Å². The largest absolute Gasteiger partial charge is 0.374 e. The third-order valence-electron chi connectivity index (χ3n) is 2.63. The number of rotatable bonds is 1. The van der Waals surface area contributed by atoms with E-state index in [1.807, 2.05) is 0 Å². The van der Waals surface area contributed by atoms with E-state index in [4.69, 9.17) is 5.73 Å². The molecule has 0 bridgehead atoms. The quantitative estimate of drug-likeness (QED) is 0.724. The van der Waals surface area contributed by atoms with Crippen LogP contribution in [-0.2, 0) is 0 Å². The Morgan fingerprint density at radius 2 is 2.25 bits per heavy atom. The second-order valence-corrected chi connectivity index (χ2v) is 4.53. The van der Waals surface area contributed by atoms with E-state index in [1.54, 1.807) is 11.3 Å². The molecule has 0 aromatic carbocycles. The predicted molar refractivity (Wildman–Crippen MR) is 50.1 cm³/mol. The SMILES string of the molecule is CC1CCCC1c1nnc(N)s1. The first kappa shape index (κ1) is 7.98. The first-order chi connectivity index (χ1) is 5.77. The van der Waals surface area contributed by atoms with Crippen LogP contribution in [-0.4, -0.2) is 10.2 Å². The van der Waals surface area contributed by atoms with Gasteiger partial charge in [-0.3, -0.25) is 0 Å². The molecule has 2 N–H and O–H groups in total. The highest BCUT2D eigenvalue weighted by atomic mass is 32.1. The van der Waals surface area contributed by atoms with Gasteiger partial charge >= 0.3 is 0 Å². The van der Waals surface area contributed by atoms with Gasteiger partial charge in [-0.15, -0.1) is 10.2 Å². The summed E-state index contributed by atoms with van der Waals surface area (Å²) >= 11 is 1.54. The van der Waals surface area contributed by atoms with Crippen LogP contribution < -0.4 is 5.73 Å². The van der Waals surface area contributed by atoms with Crippen LogP contribution in [0.1, 0.15) is 37.1 Å². The van der Waals surface area contributed by atoms with Crippen molar-refractivity contribution in [2.24, 2.45) is 5.92 Å². The summed E-state index contributed by atoms with van der Waals surface area (Å²) in [5.41, 5.74) is 5.54. The molecule has 3 nitrogen and oxygen atoms in total. The Balaban J connectivity index is 2.19. The van der Waals surface area contributed by atoms with Gasteiger partial charge in [0.05, 0.1) is 0 Å². The van der Waals surface area contributed by atoms with Gasteiger partial charge in [-0.25, -0.2) is 0 Å². The van der Waals surface area contributed by atoms with E-state index in [1.165, 1.54) is 19.3 Å². The second-order valence-electron chi connectivity index (χ2n) is 3.49. The maximum Gasteiger partial charge on any atom is 0.203 e. The lowest BCUT2D eigenvalue weighted by molar-refractivity contribution is 0.528. The van der Waals surface area contributed by atoms with E-state index in [2.05, 4.69) is 17.1 Å². The van der Waals surface area contributed by atoms with Crippen LogP contribution in [0, 0.1) is 5.92 Å². The number of nitrogen functional groups attached to an aromatic ring is 1. The van der Waals surface area contributed by atoms with Crippen molar-refractivity contribution in [3.63, 3.8) is 0 Å². The molecule has 66 valence electrons. The second kappa shape index (κ2) is 3.01. The summed E-state index contributed by atoms with van der Waals surface area (Å²) in [6.07, 6.45) is 3.91. The van der Waals surface area contributed by atoms with Crippen LogP contribution in [0.3, 0.4) is 0 Å². The molecule has 0 spiro atoms. The summed E-state index contributed by atoms with van der Waals surface area (Å²) < 4.78 is 0. The molecular formula is C8H13N3S. The number of aromatic nitrogens is 2. The van der Waals surface area contributed by atoms with Gasteiger partial charge in [0.15, 0.2) is 0 Å². The molecule has 4 heteroatoms. The Hall–Kier alpha value is -0.640. The van der Waals surface area contributed by atoms with Crippen molar-refractivity contribution >= 4 is 16.5 Å². The average molecular weight is 183 g/mol. The van der Waals surface area contributed by atoms with Crippen LogP contribution >= 0.6 is 11.3 Å².